The highest BCUT2D eigenvalue weighted by atomic mass is 16.9. The molecule has 0 aromatic heterocycles. The maximum Gasteiger partial charge on any atom is 0.301 e. The number of fused-ring (bicyclic) bond motifs is 3. The van der Waals surface area contributed by atoms with Gasteiger partial charge in [0.25, 0.3) is 5.91 Å². The minimum atomic E-state index is -1.27. The molecule has 7 nitrogen and oxygen atoms in total. The van der Waals surface area contributed by atoms with Crippen LogP contribution in [0.25, 0.3) is 0 Å². The van der Waals surface area contributed by atoms with Crippen LogP contribution in [0.5, 0.6) is 0 Å². The zero-order valence-corrected chi connectivity index (χ0v) is 19.7. The first-order valence-corrected chi connectivity index (χ1v) is 11.3. The smallest absolute Gasteiger partial charge is 0.301 e. The topological polar surface area (TPSA) is 77.1 Å². The molecule has 5 rings (SSSR count). The summed E-state index contributed by atoms with van der Waals surface area (Å²) in [5.74, 6) is -1.82. The Morgan fingerprint density at radius 3 is 2.03 bits per heavy atom. The Balaban J connectivity index is 1.56. The van der Waals surface area contributed by atoms with Crippen molar-refractivity contribution in [1.82, 2.24) is 10.2 Å². The average molecular weight is 453 g/mol. The number of carbonyl (C=O) groups is 2. The van der Waals surface area contributed by atoms with Crippen molar-refractivity contribution in [3.63, 3.8) is 0 Å². The van der Waals surface area contributed by atoms with E-state index in [0.717, 1.165) is 5.56 Å². The van der Waals surface area contributed by atoms with E-state index in [0.29, 0.717) is 25.4 Å². The Hall–Kier alpha value is -2.74. The first kappa shape index (κ1) is 23.4. The molecule has 0 saturated carbocycles. The van der Waals surface area contributed by atoms with E-state index < -0.39 is 11.5 Å². The summed E-state index contributed by atoms with van der Waals surface area (Å²) in [4.78, 5) is 28.8. The van der Waals surface area contributed by atoms with Gasteiger partial charge < -0.3 is 24.4 Å². The summed E-state index contributed by atoms with van der Waals surface area (Å²) in [7, 11) is 0. The molecule has 0 spiro atoms. The van der Waals surface area contributed by atoms with Gasteiger partial charge in [0.15, 0.2) is 0 Å². The largest absolute Gasteiger partial charge is 0.346 e. The second-order valence-corrected chi connectivity index (χ2v) is 9.73. The van der Waals surface area contributed by atoms with E-state index in [4.69, 9.17) is 14.2 Å². The van der Waals surface area contributed by atoms with Crippen molar-refractivity contribution in [2.75, 3.05) is 26.4 Å². The highest BCUT2D eigenvalue weighted by Gasteiger charge is 2.51. The molecule has 2 amide bonds. The highest BCUT2D eigenvalue weighted by molar-refractivity contribution is 5.99. The molecule has 3 heterocycles. The fourth-order valence-electron chi connectivity index (χ4n) is 4.28. The predicted molar refractivity (Wildman–Crippen MR) is 123 cm³/mol. The van der Waals surface area contributed by atoms with E-state index in [9.17, 15) is 9.59 Å². The zero-order valence-electron chi connectivity index (χ0n) is 19.7. The molecule has 7 heteroatoms. The molecule has 2 aromatic carbocycles. The second-order valence-electron chi connectivity index (χ2n) is 9.73. The van der Waals surface area contributed by atoms with Gasteiger partial charge >= 0.3 is 5.97 Å². The van der Waals surface area contributed by atoms with E-state index in [2.05, 4.69) is 5.32 Å². The van der Waals surface area contributed by atoms with Gasteiger partial charge in [-0.05, 0) is 38.5 Å². The SMILES string of the molecule is C[C@@H](c1ccccc1)N(C(=O)c1ccccc1)C(C)(C)C(=O)NCC12OCC(C)(CO1)CO2. The summed E-state index contributed by atoms with van der Waals surface area (Å²) in [5, 5.41) is 2.91. The second kappa shape index (κ2) is 8.89. The molecule has 1 atom stereocenters. The van der Waals surface area contributed by atoms with Crippen molar-refractivity contribution in [3.05, 3.63) is 71.8 Å². The summed E-state index contributed by atoms with van der Waals surface area (Å²) in [5.41, 5.74) is 0.134. The number of carbonyl (C=O) groups excluding carboxylic acids is 2. The highest BCUT2D eigenvalue weighted by Crippen LogP contribution is 2.38. The van der Waals surface area contributed by atoms with Gasteiger partial charge in [0.2, 0.25) is 5.91 Å². The molecule has 33 heavy (non-hydrogen) atoms. The van der Waals surface area contributed by atoms with Gasteiger partial charge in [-0.2, -0.15) is 0 Å². The number of benzene rings is 2. The number of hydrogen-bond donors (Lipinski definition) is 1. The van der Waals surface area contributed by atoms with E-state index in [1.165, 1.54) is 0 Å². The van der Waals surface area contributed by atoms with Gasteiger partial charge in [-0.25, -0.2) is 0 Å². The van der Waals surface area contributed by atoms with Crippen LogP contribution in [-0.4, -0.2) is 54.6 Å². The lowest BCUT2D eigenvalue weighted by Gasteiger charge is -2.50. The standard InChI is InChI=1S/C26H32N2O5/c1-19(20-11-7-5-8-12-20)28(22(29)21-13-9-6-10-14-21)24(2,3)23(30)27-15-26-31-16-25(4,17-32-26)18-33-26/h5-14,19H,15-18H2,1-4H3,(H,27,30)/t19-,25?,26?/m0/s1. The molecular formula is C26H32N2O5. The molecule has 3 aliphatic heterocycles. The van der Waals surface area contributed by atoms with Crippen LogP contribution in [0.4, 0.5) is 0 Å². The summed E-state index contributed by atoms with van der Waals surface area (Å²) in [6, 6.07) is 18.4. The Kier molecular flexibility index (Phi) is 6.31. The minimum Gasteiger partial charge on any atom is -0.346 e. The monoisotopic (exact) mass is 452 g/mol. The van der Waals surface area contributed by atoms with Crippen LogP contribution in [0.3, 0.4) is 0 Å². The van der Waals surface area contributed by atoms with Crippen molar-refractivity contribution in [2.45, 2.75) is 45.2 Å². The molecular weight excluding hydrogens is 420 g/mol. The molecule has 3 fully saturated rings. The van der Waals surface area contributed by atoms with E-state index >= 15 is 0 Å². The molecule has 0 aliphatic carbocycles. The first-order valence-electron chi connectivity index (χ1n) is 11.3. The number of ether oxygens (including phenoxy) is 3. The Bertz CT molecular complexity index is 968. The quantitative estimate of drug-likeness (QED) is 0.696. The summed E-state index contributed by atoms with van der Waals surface area (Å²) < 4.78 is 17.4. The third-order valence-electron chi connectivity index (χ3n) is 6.45. The fraction of sp³-hybridized carbons (Fsp3) is 0.462. The van der Waals surface area contributed by atoms with Crippen molar-refractivity contribution >= 4 is 11.8 Å². The van der Waals surface area contributed by atoms with Gasteiger partial charge in [-0.1, -0.05) is 55.5 Å². The maximum atomic E-state index is 13.6. The number of rotatable bonds is 7. The van der Waals surface area contributed by atoms with Crippen molar-refractivity contribution in [2.24, 2.45) is 5.41 Å². The number of hydrogen-bond acceptors (Lipinski definition) is 5. The van der Waals surface area contributed by atoms with Gasteiger partial charge in [0, 0.05) is 11.0 Å². The number of nitrogens with one attached hydrogen (secondary N) is 1. The van der Waals surface area contributed by atoms with E-state index in [-0.39, 0.29) is 29.8 Å². The van der Waals surface area contributed by atoms with Crippen LogP contribution in [0.15, 0.2) is 60.7 Å². The first-order chi connectivity index (χ1) is 15.7. The van der Waals surface area contributed by atoms with Crippen LogP contribution in [0, 0.1) is 5.41 Å². The molecule has 3 saturated heterocycles. The summed E-state index contributed by atoms with van der Waals surface area (Å²) in [6.45, 7) is 9.04. The lowest BCUT2D eigenvalue weighted by Crippen LogP contribution is -2.65. The van der Waals surface area contributed by atoms with E-state index in [1.54, 1.807) is 30.9 Å². The average Bonchev–Trinajstić information content (AvgIpc) is 2.84. The zero-order chi connectivity index (χ0) is 23.7. The molecule has 1 N–H and O–H groups in total. The van der Waals surface area contributed by atoms with Crippen molar-refractivity contribution in [3.8, 4) is 0 Å². The Labute approximate surface area is 195 Å². The van der Waals surface area contributed by atoms with Crippen LogP contribution in [0.2, 0.25) is 0 Å². The predicted octanol–water partition coefficient (Wildman–Crippen LogP) is 3.52. The van der Waals surface area contributed by atoms with Gasteiger partial charge in [-0.15, -0.1) is 0 Å². The molecule has 2 aromatic rings. The van der Waals surface area contributed by atoms with Gasteiger partial charge in [0.05, 0.1) is 32.4 Å². The minimum absolute atomic E-state index is 0.0401. The molecule has 0 unspecified atom stereocenters. The third kappa shape index (κ3) is 4.67. The van der Waals surface area contributed by atoms with Gasteiger partial charge in [-0.3, -0.25) is 9.59 Å². The number of amides is 2. The normalized spacial score (nSPS) is 25.3. The van der Waals surface area contributed by atoms with Crippen LogP contribution < -0.4 is 5.32 Å². The summed E-state index contributed by atoms with van der Waals surface area (Å²) in [6.07, 6.45) is 0. The molecule has 2 bridgehead atoms. The lowest BCUT2D eigenvalue weighted by atomic mass is 9.92. The maximum absolute atomic E-state index is 13.6. The van der Waals surface area contributed by atoms with E-state index in [1.807, 2.05) is 62.4 Å². The molecule has 0 radical (unpaired) electrons. The molecule has 3 aliphatic rings. The summed E-state index contributed by atoms with van der Waals surface area (Å²) >= 11 is 0. The Morgan fingerprint density at radius 1 is 0.970 bits per heavy atom. The Morgan fingerprint density at radius 2 is 1.48 bits per heavy atom. The van der Waals surface area contributed by atoms with Gasteiger partial charge in [0.1, 0.15) is 5.54 Å². The van der Waals surface area contributed by atoms with Crippen LogP contribution in [0.1, 0.15) is 49.7 Å². The molecule has 176 valence electrons. The fourth-order valence-corrected chi connectivity index (χ4v) is 4.28. The lowest BCUT2D eigenvalue weighted by molar-refractivity contribution is -0.461. The van der Waals surface area contributed by atoms with Crippen LogP contribution >= 0.6 is 0 Å². The van der Waals surface area contributed by atoms with Crippen LogP contribution in [-0.2, 0) is 19.0 Å². The number of nitrogens with zero attached hydrogens (tertiary/aromatic N) is 1. The van der Waals surface area contributed by atoms with Crippen molar-refractivity contribution in [1.29, 1.82) is 0 Å². The van der Waals surface area contributed by atoms with Crippen molar-refractivity contribution < 1.29 is 23.8 Å². The third-order valence-corrected chi connectivity index (χ3v) is 6.45.